The first kappa shape index (κ1) is 14.9. The highest BCUT2D eigenvalue weighted by Crippen LogP contribution is 2.00. The summed E-state index contributed by atoms with van der Waals surface area (Å²) < 4.78 is 4.78. The highest BCUT2D eigenvalue weighted by Gasteiger charge is 2.08. The maximum Gasteiger partial charge on any atom is 0.315 e. The summed E-state index contributed by atoms with van der Waals surface area (Å²) in [6.45, 7) is 2.23. The zero-order valence-corrected chi connectivity index (χ0v) is 10.8. The van der Waals surface area contributed by atoms with Crippen LogP contribution in [0.1, 0.15) is 32.1 Å². The summed E-state index contributed by atoms with van der Waals surface area (Å²) in [5.41, 5.74) is 0. The minimum Gasteiger partial charge on any atom is -0.481 e. The normalized spacial score (nSPS) is 11.8. The van der Waals surface area contributed by atoms with E-state index in [2.05, 4.69) is 20.8 Å². The van der Waals surface area contributed by atoms with Crippen LogP contribution >= 0.6 is 0 Å². The molecule has 2 amide bonds. The molecule has 1 atom stereocenters. The minimum absolute atomic E-state index is 0.0669. The zero-order chi connectivity index (χ0) is 14.1. The average molecular weight is 270 g/mol. The molecule has 1 rings (SSSR count). The Morgan fingerprint density at radius 1 is 1.53 bits per heavy atom. The van der Waals surface area contributed by atoms with E-state index in [9.17, 15) is 9.59 Å². The zero-order valence-electron chi connectivity index (χ0n) is 10.8. The Bertz CT molecular complexity index is 393. The lowest BCUT2D eigenvalue weighted by molar-refractivity contribution is -0.137. The molecule has 0 saturated heterocycles. The van der Waals surface area contributed by atoms with Gasteiger partial charge in [-0.05, 0) is 19.8 Å². The molecular weight excluding hydrogens is 252 g/mol. The number of aromatic nitrogens is 2. The second-order valence-electron chi connectivity index (χ2n) is 4.17. The molecule has 0 aliphatic carbocycles. The lowest BCUT2D eigenvalue weighted by atomic mass is 10.1. The number of hydrogen-bond donors (Lipinski definition) is 3. The van der Waals surface area contributed by atoms with Gasteiger partial charge in [0.25, 0.3) is 0 Å². The summed E-state index contributed by atoms with van der Waals surface area (Å²) in [5.74, 6) is -0.356. The van der Waals surface area contributed by atoms with Crippen LogP contribution in [-0.2, 0) is 11.2 Å². The van der Waals surface area contributed by atoms with Crippen molar-refractivity contribution in [2.24, 2.45) is 0 Å². The van der Waals surface area contributed by atoms with E-state index >= 15 is 0 Å². The number of carbonyl (C=O) groups excluding carboxylic acids is 1. The van der Waals surface area contributed by atoms with E-state index in [-0.39, 0.29) is 18.5 Å². The minimum atomic E-state index is -0.823. The van der Waals surface area contributed by atoms with Gasteiger partial charge in [0.1, 0.15) is 0 Å². The number of rotatable bonds is 8. The summed E-state index contributed by atoms with van der Waals surface area (Å²) in [4.78, 5) is 25.6. The Labute approximate surface area is 110 Å². The van der Waals surface area contributed by atoms with Crippen molar-refractivity contribution >= 4 is 12.0 Å². The molecule has 0 saturated carbocycles. The number of nitrogens with zero attached hydrogens (tertiary/aromatic N) is 2. The molecule has 0 fully saturated rings. The van der Waals surface area contributed by atoms with Gasteiger partial charge >= 0.3 is 12.0 Å². The lowest BCUT2D eigenvalue weighted by Crippen LogP contribution is -2.41. The van der Waals surface area contributed by atoms with Gasteiger partial charge in [-0.3, -0.25) is 4.79 Å². The number of carboxylic acids is 1. The third kappa shape index (κ3) is 7.02. The van der Waals surface area contributed by atoms with Gasteiger partial charge in [-0.1, -0.05) is 5.16 Å². The Kier molecular flexibility index (Phi) is 6.34. The number of carboxylic acid groups (broad SMARTS) is 1. The molecule has 106 valence electrons. The first-order valence-corrected chi connectivity index (χ1v) is 6.09. The topological polar surface area (TPSA) is 117 Å². The van der Waals surface area contributed by atoms with Crippen molar-refractivity contribution in [1.29, 1.82) is 0 Å². The molecule has 0 aromatic carbocycles. The van der Waals surface area contributed by atoms with Gasteiger partial charge in [0.2, 0.25) is 5.89 Å². The lowest BCUT2D eigenvalue weighted by Gasteiger charge is -2.13. The fourth-order valence-corrected chi connectivity index (χ4v) is 1.50. The highest BCUT2D eigenvalue weighted by molar-refractivity contribution is 5.74. The number of aliphatic carboxylic acids is 1. The Morgan fingerprint density at radius 2 is 2.32 bits per heavy atom. The van der Waals surface area contributed by atoms with Crippen molar-refractivity contribution in [1.82, 2.24) is 20.8 Å². The van der Waals surface area contributed by atoms with Gasteiger partial charge in [-0.2, -0.15) is 4.98 Å². The molecule has 19 heavy (non-hydrogen) atoms. The van der Waals surface area contributed by atoms with E-state index < -0.39 is 5.97 Å². The van der Waals surface area contributed by atoms with E-state index in [1.807, 2.05) is 6.92 Å². The summed E-state index contributed by atoms with van der Waals surface area (Å²) in [6.07, 6.45) is 3.06. The molecule has 0 aliphatic rings. The summed E-state index contributed by atoms with van der Waals surface area (Å²) >= 11 is 0. The standard InChI is InChI=1S/C11H18N4O4/c1-8(3-2-4-10(16)17)15-11(18)12-6-5-9-13-7-14-19-9/h7-8H,2-6H2,1H3,(H,16,17)(H2,12,15,18). The third-order valence-corrected chi connectivity index (χ3v) is 2.44. The van der Waals surface area contributed by atoms with Crippen LogP contribution in [0.2, 0.25) is 0 Å². The maximum absolute atomic E-state index is 11.5. The van der Waals surface area contributed by atoms with Gasteiger partial charge in [0, 0.05) is 25.4 Å². The molecule has 1 aromatic heterocycles. The second-order valence-corrected chi connectivity index (χ2v) is 4.17. The van der Waals surface area contributed by atoms with Gasteiger partial charge in [0.15, 0.2) is 6.33 Å². The van der Waals surface area contributed by atoms with Gasteiger partial charge < -0.3 is 20.3 Å². The molecule has 0 bridgehead atoms. The van der Waals surface area contributed by atoms with Crippen LogP contribution in [0.5, 0.6) is 0 Å². The summed E-state index contributed by atoms with van der Waals surface area (Å²) in [5, 5.41) is 17.3. The molecule has 0 radical (unpaired) electrons. The molecule has 0 aliphatic heterocycles. The van der Waals surface area contributed by atoms with Crippen LogP contribution < -0.4 is 10.6 Å². The van der Waals surface area contributed by atoms with Gasteiger partial charge in [-0.25, -0.2) is 4.79 Å². The van der Waals surface area contributed by atoms with Crippen molar-refractivity contribution < 1.29 is 19.2 Å². The number of amides is 2. The Morgan fingerprint density at radius 3 is 2.95 bits per heavy atom. The number of carbonyl (C=O) groups is 2. The molecule has 1 heterocycles. The number of urea groups is 1. The molecular formula is C11H18N4O4. The average Bonchev–Trinajstić information content (AvgIpc) is 2.81. The van der Waals surface area contributed by atoms with Gasteiger partial charge in [0.05, 0.1) is 0 Å². The molecule has 8 nitrogen and oxygen atoms in total. The Hall–Kier alpha value is -2.12. The van der Waals surface area contributed by atoms with Crippen LogP contribution in [0.3, 0.4) is 0 Å². The predicted molar refractivity (Wildman–Crippen MR) is 65.5 cm³/mol. The van der Waals surface area contributed by atoms with Crippen LogP contribution in [0, 0.1) is 0 Å². The number of nitrogens with one attached hydrogen (secondary N) is 2. The molecule has 3 N–H and O–H groups in total. The van der Waals surface area contributed by atoms with Crippen molar-refractivity contribution in [2.45, 2.75) is 38.6 Å². The van der Waals surface area contributed by atoms with E-state index in [1.165, 1.54) is 6.33 Å². The highest BCUT2D eigenvalue weighted by atomic mass is 16.5. The predicted octanol–water partition coefficient (Wildman–Crippen LogP) is 0.555. The van der Waals surface area contributed by atoms with Crippen molar-refractivity contribution in [3.8, 4) is 0 Å². The van der Waals surface area contributed by atoms with E-state index in [4.69, 9.17) is 9.63 Å². The van der Waals surface area contributed by atoms with Crippen molar-refractivity contribution in [3.63, 3.8) is 0 Å². The van der Waals surface area contributed by atoms with E-state index in [0.717, 1.165) is 0 Å². The van der Waals surface area contributed by atoms with Crippen LogP contribution in [0.25, 0.3) is 0 Å². The fourth-order valence-electron chi connectivity index (χ4n) is 1.50. The maximum atomic E-state index is 11.5. The van der Waals surface area contributed by atoms with Crippen molar-refractivity contribution in [2.75, 3.05) is 6.54 Å². The van der Waals surface area contributed by atoms with Crippen LogP contribution in [-0.4, -0.2) is 39.8 Å². The van der Waals surface area contributed by atoms with E-state index in [0.29, 0.717) is 31.7 Å². The fraction of sp³-hybridized carbons (Fsp3) is 0.636. The quantitative estimate of drug-likeness (QED) is 0.635. The first-order valence-electron chi connectivity index (χ1n) is 6.09. The summed E-state index contributed by atoms with van der Waals surface area (Å²) in [6, 6.07) is -0.356. The third-order valence-electron chi connectivity index (χ3n) is 2.44. The first-order chi connectivity index (χ1) is 9.08. The van der Waals surface area contributed by atoms with Crippen molar-refractivity contribution in [3.05, 3.63) is 12.2 Å². The second kappa shape index (κ2) is 8.06. The number of hydrogen-bond acceptors (Lipinski definition) is 5. The molecule has 0 spiro atoms. The smallest absolute Gasteiger partial charge is 0.315 e. The van der Waals surface area contributed by atoms with Crippen LogP contribution in [0.15, 0.2) is 10.9 Å². The Balaban J connectivity index is 2.07. The molecule has 1 unspecified atom stereocenters. The molecule has 1 aromatic rings. The van der Waals surface area contributed by atoms with Crippen LogP contribution in [0.4, 0.5) is 4.79 Å². The van der Waals surface area contributed by atoms with E-state index in [1.54, 1.807) is 0 Å². The van der Waals surface area contributed by atoms with Gasteiger partial charge in [-0.15, -0.1) is 0 Å². The SMILES string of the molecule is CC(CCCC(=O)O)NC(=O)NCCc1ncno1. The monoisotopic (exact) mass is 270 g/mol. The summed E-state index contributed by atoms with van der Waals surface area (Å²) in [7, 11) is 0. The largest absolute Gasteiger partial charge is 0.481 e. The molecule has 8 heteroatoms.